The molecule has 27 heavy (non-hydrogen) atoms. The third-order valence-corrected chi connectivity index (χ3v) is 3.93. The first kappa shape index (κ1) is 19.8. The second kappa shape index (κ2) is 8.76. The molecule has 0 aliphatic carbocycles. The Labute approximate surface area is 157 Å². The number of carbonyl (C=O) groups is 3. The first-order valence-corrected chi connectivity index (χ1v) is 8.31. The Morgan fingerprint density at radius 2 is 1.37 bits per heavy atom. The van der Waals surface area contributed by atoms with Crippen molar-refractivity contribution in [3.05, 3.63) is 72.8 Å². The van der Waals surface area contributed by atoms with E-state index in [9.17, 15) is 14.4 Å². The molecule has 0 saturated heterocycles. The zero-order valence-electron chi connectivity index (χ0n) is 15.3. The lowest BCUT2D eigenvalue weighted by atomic mass is 9.98. The van der Waals surface area contributed by atoms with Gasteiger partial charge in [-0.2, -0.15) is 0 Å². The molecule has 0 aliphatic heterocycles. The molecule has 5 heteroatoms. The van der Waals surface area contributed by atoms with E-state index >= 15 is 0 Å². The van der Waals surface area contributed by atoms with E-state index in [0.29, 0.717) is 28.0 Å². The molecular formula is C22H20O5. The van der Waals surface area contributed by atoms with E-state index in [4.69, 9.17) is 9.47 Å². The smallest absolute Gasteiger partial charge is 0.310 e. The SMILES string of the molecule is C=CC(=O)c1ccc(-c2ccc(C(=O)C=C)cc2OC(=O)CC)c(OC)c1. The van der Waals surface area contributed by atoms with Gasteiger partial charge in [-0.15, -0.1) is 0 Å². The number of benzene rings is 2. The summed E-state index contributed by atoms with van der Waals surface area (Å²) in [5.41, 5.74) is 1.96. The van der Waals surface area contributed by atoms with Crippen LogP contribution in [-0.2, 0) is 4.79 Å². The highest BCUT2D eigenvalue weighted by molar-refractivity contribution is 6.06. The molecule has 0 saturated carbocycles. The summed E-state index contributed by atoms with van der Waals surface area (Å²) in [4.78, 5) is 35.6. The number of esters is 1. The molecule has 0 aromatic heterocycles. The summed E-state index contributed by atoms with van der Waals surface area (Å²) in [5.74, 6) is -0.287. The van der Waals surface area contributed by atoms with E-state index in [0.717, 1.165) is 0 Å². The highest BCUT2D eigenvalue weighted by Crippen LogP contribution is 2.38. The van der Waals surface area contributed by atoms with E-state index in [2.05, 4.69) is 13.2 Å². The van der Waals surface area contributed by atoms with Gasteiger partial charge in [0, 0.05) is 28.7 Å². The maximum atomic E-state index is 11.9. The number of ketones is 2. The molecule has 0 aliphatic rings. The summed E-state index contributed by atoms with van der Waals surface area (Å²) >= 11 is 0. The van der Waals surface area contributed by atoms with Crippen LogP contribution >= 0.6 is 0 Å². The van der Waals surface area contributed by atoms with E-state index in [1.807, 2.05) is 0 Å². The van der Waals surface area contributed by atoms with Crippen molar-refractivity contribution in [2.45, 2.75) is 13.3 Å². The van der Waals surface area contributed by atoms with Crippen molar-refractivity contribution < 1.29 is 23.9 Å². The predicted molar refractivity (Wildman–Crippen MR) is 103 cm³/mol. The zero-order chi connectivity index (χ0) is 20.0. The Hall–Kier alpha value is -3.47. The van der Waals surface area contributed by atoms with E-state index < -0.39 is 5.97 Å². The van der Waals surface area contributed by atoms with Crippen LogP contribution in [0.1, 0.15) is 34.1 Å². The number of rotatable bonds is 8. The van der Waals surface area contributed by atoms with Crippen LogP contribution in [0.3, 0.4) is 0 Å². The van der Waals surface area contributed by atoms with Gasteiger partial charge < -0.3 is 9.47 Å². The molecule has 0 heterocycles. The second-order valence-corrected chi connectivity index (χ2v) is 5.59. The van der Waals surface area contributed by atoms with Gasteiger partial charge in [0.15, 0.2) is 11.6 Å². The standard InChI is InChI=1S/C22H20O5/c1-5-18(23)14-8-10-16(20(12-14)26-4)17-11-9-15(19(24)6-2)13-21(17)27-22(25)7-3/h5-6,8-13H,1-2,7H2,3-4H3. The summed E-state index contributed by atoms with van der Waals surface area (Å²) in [6.45, 7) is 8.62. The molecule has 138 valence electrons. The van der Waals surface area contributed by atoms with Crippen molar-refractivity contribution >= 4 is 17.5 Å². The Balaban J connectivity index is 2.63. The van der Waals surface area contributed by atoms with Crippen LogP contribution in [0.2, 0.25) is 0 Å². The first-order valence-electron chi connectivity index (χ1n) is 8.31. The number of hydrogen-bond donors (Lipinski definition) is 0. The fourth-order valence-corrected chi connectivity index (χ4v) is 2.48. The van der Waals surface area contributed by atoms with Crippen molar-refractivity contribution in [1.82, 2.24) is 0 Å². The molecule has 2 aromatic carbocycles. The van der Waals surface area contributed by atoms with Crippen molar-refractivity contribution in [3.63, 3.8) is 0 Å². The van der Waals surface area contributed by atoms with Crippen molar-refractivity contribution in [2.75, 3.05) is 7.11 Å². The minimum Gasteiger partial charge on any atom is -0.496 e. The lowest BCUT2D eigenvalue weighted by Gasteiger charge is -2.15. The lowest BCUT2D eigenvalue weighted by molar-refractivity contribution is -0.133. The molecule has 0 atom stereocenters. The second-order valence-electron chi connectivity index (χ2n) is 5.59. The van der Waals surface area contributed by atoms with Crippen LogP contribution in [0.15, 0.2) is 61.7 Å². The molecule has 0 fully saturated rings. The summed E-state index contributed by atoms with van der Waals surface area (Å²) < 4.78 is 10.8. The van der Waals surface area contributed by atoms with E-state index in [1.165, 1.54) is 25.3 Å². The average molecular weight is 364 g/mol. The van der Waals surface area contributed by atoms with Crippen LogP contribution in [0.5, 0.6) is 11.5 Å². The van der Waals surface area contributed by atoms with Gasteiger partial charge in [-0.3, -0.25) is 14.4 Å². The highest BCUT2D eigenvalue weighted by atomic mass is 16.5. The molecule has 0 spiro atoms. The fourth-order valence-electron chi connectivity index (χ4n) is 2.48. The van der Waals surface area contributed by atoms with Gasteiger partial charge in [0.1, 0.15) is 11.5 Å². The molecule has 0 bridgehead atoms. The zero-order valence-corrected chi connectivity index (χ0v) is 15.3. The van der Waals surface area contributed by atoms with Gasteiger partial charge in [-0.1, -0.05) is 32.2 Å². The molecule has 2 aromatic rings. The predicted octanol–water partition coefficient (Wildman–Crippen LogP) is 4.42. The van der Waals surface area contributed by atoms with Crippen LogP contribution < -0.4 is 9.47 Å². The number of methoxy groups -OCH3 is 1. The Bertz CT molecular complexity index is 924. The van der Waals surface area contributed by atoms with Crippen LogP contribution in [0, 0.1) is 0 Å². The maximum Gasteiger partial charge on any atom is 0.310 e. The van der Waals surface area contributed by atoms with Crippen LogP contribution in [-0.4, -0.2) is 24.6 Å². The molecule has 5 nitrogen and oxygen atoms in total. The molecule has 0 unspecified atom stereocenters. The van der Waals surface area contributed by atoms with Crippen LogP contribution in [0.4, 0.5) is 0 Å². The monoisotopic (exact) mass is 364 g/mol. The molecule has 2 rings (SSSR count). The summed E-state index contributed by atoms with van der Waals surface area (Å²) in [6, 6.07) is 9.70. The molecule has 0 N–H and O–H groups in total. The third-order valence-electron chi connectivity index (χ3n) is 3.93. The average Bonchev–Trinajstić information content (AvgIpc) is 2.71. The van der Waals surface area contributed by atoms with Crippen molar-refractivity contribution in [1.29, 1.82) is 0 Å². The molecule has 0 radical (unpaired) electrons. The lowest BCUT2D eigenvalue weighted by Crippen LogP contribution is -2.08. The van der Waals surface area contributed by atoms with Gasteiger partial charge in [0.05, 0.1) is 7.11 Å². The van der Waals surface area contributed by atoms with Crippen LogP contribution in [0.25, 0.3) is 11.1 Å². The fraction of sp³-hybridized carbons (Fsp3) is 0.136. The minimum absolute atomic E-state index is 0.184. The number of carbonyl (C=O) groups excluding carboxylic acids is 3. The van der Waals surface area contributed by atoms with E-state index in [1.54, 1.807) is 37.3 Å². The Morgan fingerprint density at radius 3 is 1.81 bits per heavy atom. The number of allylic oxidation sites excluding steroid dienone is 2. The molecule has 0 amide bonds. The largest absolute Gasteiger partial charge is 0.496 e. The summed E-state index contributed by atoms with van der Waals surface area (Å²) in [6.07, 6.45) is 2.60. The highest BCUT2D eigenvalue weighted by Gasteiger charge is 2.17. The third kappa shape index (κ3) is 4.39. The van der Waals surface area contributed by atoms with Gasteiger partial charge >= 0.3 is 5.97 Å². The molecular weight excluding hydrogens is 344 g/mol. The normalized spacial score (nSPS) is 10.0. The summed E-state index contributed by atoms with van der Waals surface area (Å²) in [7, 11) is 1.48. The van der Waals surface area contributed by atoms with E-state index in [-0.39, 0.29) is 23.7 Å². The quantitative estimate of drug-likeness (QED) is 0.300. The maximum absolute atomic E-state index is 11.9. The minimum atomic E-state index is -0.433. The van der Waals surface area contributed by atoms with Crippen molar-refractivity contribution in [2.24, 2.45) is 0 Å². The van der Waals surface area contributed by atoms with Gasteiger partial charge in [0.25, 0.3) is 0 Å². The number of hydrogen-bond acceptors (Lipinski definition) is 5. The summed E-state index contributed by atoms with van der Waals surface area (Å²) in [5, 5.41) is 0. The van der Waals surface area contributed by atoms with Crippen molar-refractivity contribution in [3.8, 4) is 22.6 Å². The topological polar surface area (TPSA) is 69.7 Å². The van der Waals surface area contributed by atoms with Gasteiger partial charge in [0.2, 0.25) is 0 Å². The van der Waals surface area contributed by atoms with Gasteiger partial charge in [-0.05, 0) is 36.4 Å². The van der Waals surface area contributed by atoms with Gasteiger partial charge in [-0.25, -0.2) is 0 Å². The first-order chi connectivity index (χ1) is 12.9. The number of ether oxygens (including phenoxy) is 2. The Morgan fingerprint density at radius 1 is 0.889 bits per heavy atom. The Kier molecular flexibility index (Phi) is 6.44.